The summed E-state index contributed by atoms with van der Waals surface area (Å²) in [5.41, 5.74) is 2.66. The molecule has 0 fully saturated rings. The third-order valence-corrected chi connectivity index (χ3v) is 3.26. The Morgan fingerprint density at radius 1 is 1.23 bits per heavy atom. The van der Waals surface area contributed by atoms with Crippen molar-refractivity contribution in [1.82, 2.24) is 9.47 Å². The van der Waals surface area contributed by atoms with E-state index in [1.807, 2.05) is 48.9 Å². The van der Waals surface area contributed by atoms with Gasteiger partial charge in [-0.2, -0.15) is 0 Å². The van der Waals surface area contributed by atoms with Crippen molar-refractivity contribution in [3.63, 3.8) is 0 Å². The Morgan fingerprint density at radius 2 is 1.95 bits per heavy atom. The first kappa shape index (κ1) is 15.8. The lowest BCUT2D eigenvalue weighted by atomic mass is 10.2. The molecule has 2 rings (SSSR count). The quantitative estimate of drug-likeness (QED) is 0.882. The largest absolute Gasteiger partial charge is 0.347 e. The van der Waals surface area contributed by atoms with Crippen LogP contribution in [0.2, 0.25) is 0 Å². The average molecular weight is 299 g/mol. The number of allylic oxidation sites excluding steroid dienone is 1. The van der Waals surface area contributed by atoms with Crippen LogP contribution in [0.15, 0.2) is 42.1 Å². The highest BCUT2D eigenvalue weighted by Crippen LogP contribution is 2.20. The zero-order valence-electron chi connectivity index (χ0n) is 13.4. The molecule has 5 nitrogen and oxygen atoms in total. The highest BCUT2D eigenvalue weighted by atomic mass is 16.2. The molecule has 1 aromatic heterocycles. The van der Waals surface area contributed by atoms with Crippen LogP contribution in [0.25, 0.3) is 10.9 Å². The van der Waals surface area contributed by atoms with E-state index >= 15 is 0 Å². The van der Waals surface area contributed by atoms with Crippen LogP contribution in [0.4, 0.5) is 5.69 Å². The maximum absolute atomic E-state index is 11.8. The zero-order valence-corrected chi connectivity index (χ0v) is 13.4. The standard InChI is InChI=1S/C17H21N3O2/c1-12(2)9-16(21)18-14-5-6-15-13(10-14)7-8-20(15)11-17(22)19(3)4/h5-10H,11H2,1-4H3,(H,18,21). The van der Waals surface area contributed by atoms with Crippen molar-refractivity contribution in [3.8, 4) is 0 Å². The number of hydrogen-bond donors (Lipinski definition) is 1. The van der Waals surface area contributed by atoms with Crippen LogP contribution in [-0.2, 0) is 16.1 Å². The van der Waals surface area contributed by atoms with Crippen molar-refractivity contribution in [2.24, 2.45) is 0 Å². The van der Waals surface area contributed by atoms with Gasteiger partial charge in [-0.15, -0.1) is 0 Å². The normalized spacial score (nSPS) is 10.4. The Morgan fingerprint density at radius 3 is 2.59 bits per heavy atom. The summed E-state index contributed by atoms with van der Waals surface area (Å²) in [5.74, 6) is -0.0972. The molecule has 1 aromatic carbocycles. The van der Waals surface area contributed by atoms with Crippen LogP contribution in [0.1, 0.15) is 13.8 Å². The summed E-state index contributed by atoms with van der Waals surface area (Å²) in [4.78, 5) is 25.1. The number of carbonyl (C=O) groups excluding carboxylic acids is 2. The second-order valence-electron chi connectivity index (χ2n) is 5.72. The molecule has 0 aliphatic carbocycles. The number of hydrogen-bond acceptors (Lipinski definition) is 2. The SMILES string of the molecule is CC(C)=CC(=O)Nc1ccc2c(ccn2CC(=O)N(C)C)c1. The number of rotatable bonds is 4. The molecule has 0 bridgehead atoms. The van der Waals surface area contributed by atoms with E-state index in [4.69, 9.17) is 0 Å². The van der Waals surface area contributed by atoms with Crippen molar-refractivity contribution >= 4 is 28.4 Å². The van der Waals surface area contributed by atoms with Gasteiger partial charge in [-0.1, -0.05) is 5.57 Å². The zero-order chi connectivity index (χ0) is 16.3. The maximum atomic E-state index is 11.8. The van der Waals surface area contributed by atoms with Gasteiger partial charge in [-0.05, 0) is 38.1 Å². The molecular weight excluding hydrogens is 278 g/mol. The fourth-order valence-electron chi connectivity index (χ4n) is 2.14. The topological polar surface area (TPSA) is 54.3 Å². The molecule has 0 spiro atoms. The Hall–Kier alpha value is -2.56. The van der Waals surface area contributed by atoms with Crippen LogP contribution in [0.5, 0.6) is 0 Å². The lowest BCUT2D eigenvalue weighted by molar-refractivity contribution is -0.129. The minimum atomic E-state index is -0.137. The maximum Gasteiger partial charge on any atom is 0.248 e. The molecule has 22 heavy (non-hydrogen) atoms. The number of anilines is 1. The predicted octanol–water partition coefficient (Wildman–Crippen LogP) is 2.63. The van der Waals surface area contributed by atoms with Crippen LogP contribution in [0.3, 0.4) is 0 Å². The van der Waals surface area contributed by atoms with Gasteiger partial charge in [0.15, 0.2) is 0 Å². The number of likely N-dealkylation sites (N-methyl/N-ethyl adjacent to an activating group) is 1. The average Bonchev–Trinajstić information content (AvgIpc) is 2.80. The Bertz CT molecular complexity index is 737. The minimum absolute atomic E-state index is 0.0402. The highest BCUT2D eigenvalue weighted by molar-refractivity contribution is 6.01. The summed E-state index contributed by atoms with van der Waals surface area (Å²) >= 11 is 0. The molecule has 0 radical (unpaired) electrons. The Kier molecular flexibility index (Phi) is 4.65. The van der Waals surface area contributed by atoms with Gasteiger partial charge in [0.1, 0.15) is 6.54 Å². The molecular formula is C17H21N3O2. The smallest absolute Gasteiger partial charge is 0.248 e. The minimum Gasteiger partial charge on any atom is -0.347 e. The first-order valence-electron chi connectivity index (χ1n) is 7.12. The highest BCUT2D eigenvalue weighted by Gasteiger charge is 2.08. The number of nitrogens with zero attached hydrogens (tertiary/aromatic N) is 2. The molecule has 0 atom stereocenters. The van der Waals surface area contributed by atoms with E-state index in [0.717, 1.165) is 22.2 Å². The lowest BCUT2D eigenvalue weighted by Gasteiger charge is -2.11. The van der Waals surface area contributed by atoms with Gasteiger partial charge < -0.3 is 14.8 Å². The van der Waals surface area contributed by atoms with Gasteiger partial charge >= 0.3 is 0 Å². The molecule has 0 saturated carbocycles. The molecule has 5 heteroatoms. The van der Waals surface area contributed by atoms with Crippen molar-refractivity contribution in [1.29, 1.82) is 0 Å². The van der Waals surface area contributed by atoms with E-state index in [-0.39, 0.29) is 11.8 Å². The molecule has 0 aliphatic heterocycles. The van der Waals surface area contributed by atoms with E-state index in [1.54, 1.807) is 25.1 Å². The van der Waals surface area contributed by atoms with Crippen molar-refractivity contribution in [2.45, 2.75) is 20.4 Å². The molecule has 2 amide bonds. The van der Waals surface area contributed by atoms with E-state index < -0.39 is 0 Å². The van der Waals surface area contributed by atoms with Crippen LogP contribution in [-0.4, -0.2) is 35.4 Å². The molecule has 116 valence electrons. The van der Waals surface area contributed by atoms with E-state index in [9.17, 15) is 9.59 Å². The summed E-state index contributed by atoms with van der Waals surface area (Å²) in [6.45, 7) is 4.06. The number of fused-ring (bicyclic) bond motifs is 1. The lowest BCUT2D eigenvalue weighted by Crippen LogP contribution is -2.25. The van der Waals surface area contributed by atoms with Crippen LogP contribution < -0.4 is 5.32 Å². The molecule has 1 N–H and O–H groups in total. The Labute approximate surface area is 130 Å². The molecule has 1 heterocycles. The van der Waals surface area contributed by atoms with E-state index in [2.05, 4.69) is 5.32 Å². The summed E-state index contributed by atoms with van der Waals surface area (Å²) in [7, 11) is 3.48. The molecule has 0 unspecified atom stereocenters. The number of carbonyl (C=O) groups is 2. The number of aromatic nitrogens is 1. The third-order valence-electron chi connectivity index (χ3n) is 3.26. The molecule has 0 saturated heterocycles. The fraction of sp³-hybridized carbons (Fsp3) is 0.294. The summed E-state index contributed by atoms with van der Waals surface area (Å²) < 4.78 is 1.90. The van der Waals surface area contributed by atoms with Crippen LogP contribution in [0, 0.1) is 0 Å². The molecule has 0 aliphatic rings. The van der Waals surface area contributed by atoms with Crippen molar-refractivity contribution < 1.29 is 9.59 Å². The molecule has 2 aromatic rings. The van der Waals surface area contributed by atoms with Gasteiger partial charge in [0, 0.05) is 43.0 Å². The Balaban J connectivity index is 2.21. The third kappa shape index (κ3) is 3.75. The summed E-state index contributed by atoms with van der Waals surface area (Å²) in [6, 6.07) is 7.60. The van der Waals surface area contributed by atoms with Crippen molar-refractivity contribution in [2.75, 3.05) is 19.4 Å². The van der Waals surface area contributed by atoms with Gasteiger partial charge in [-0.3, -0.25) is 9.59 Å². The van der Waals surface area contributed by atoms with E-state index in [1.165, 1.54) is 0 Å². The summed E-state index contributed by atoms with van der Waals surface area (Å²) in [6.07, 6.45) is 3.44. The predicted molar refractivity (Wildman–Crippen MR) is 88.7 cm³/mol. The second-order valence-corrected chi connectivity index (χ2v) is 5.72. The number of amides is 2. The number of benzene rings is 1. The summed E-state index contributed by atoms with van der Waals surface area (Å²) in [5, 5.41) is 3.82. The van der Waals surface area contributed by atoms with Crippen LogP contribution >= 0.6 is 0 Å². The van der Waals surface area contributed by atoms with Crippen molar-refractivity contribution in [3.05, 3.63) is 42.1 Å². The number of nitrogens with one attached hydrogen (secondary N) is 1. The van der Waals surface area contributed by atoms with Gasteiger partial charge in [-0.25, -0.2) is 0 Å². The first-order valence-corrected chi connectivity index (χ1v) is 7.12. The monoisotopic (exact) mass is 299 g/mol. The van der Waals surface area contributed by atoms with Gasteiger partial charge in [0.05, 0.1) is 0 Å². The van der Waals surface area contributed by atoms with Gasteiger partial charge in [0.2, 0.25) is 11.8 Å². The first-order chi connectivity index (χ1) is 10.4. The van der Waals surface area contributed by atoms with Gasteiger partial charge in [0.25, 0.3) is 0 Å². The fourth-order valence-corrected chi connectivity index (χ4v) is 2.14. The second kappa shape index (κ2) is 6.47. The van der Waals surface area contributed by atoms with E-state index in [0.29, 0.717) is 6.54 Å².